The van der Waals surface area contributed by atoms with Crippen LogP contribution < -0.4 is 10.1 Å². The number of carbonyl (C=O) groups is 1. The van der Waals surface area contributed by atoms with Crippen molar-refractivity contribution in [1.82, 2.24) is 14.7 Å². The van der Waals surface area contributed by atoms with E-state index in [0.29, 0.717) is 19.6 Å². The van der Waals surface area contributed by atoms with Crippen LogP contribution in [0.25, 0.3) is 11.7 Å². The van der Waals surface area contributed by atoms with Crippen LogP contribution in [0.1, 0.15) is 23.9 Å². The summed E-state index contributed by atoms with van der Waals surface area (Å²) in [5.41, 5.74) is 4.00. The van der Waals surface area contributed by atoms with Crippen LogP contribution in [-0.4, -0.2) is 28.4 Å². The quantitative estimate of drug-likeness (QED) is 0.665. The molecule has 5 nitrogen and oxygen atoms in total. The molecule has 134 valence electrons. The molecule has 1 aromatic carbocycles. The van der Waals surface area contributed by atoms with Crippen molar-refractivity contribution >= 4 is 17.6 Å². The Labute approximate surface area is 153 Å². The SMILES string of the molecule is CCOc1ccc(/C=C/C(=O)NCCc2cn3c(C)cccc3n2)cc1. The molecule has 0 spiro atoms. The molecule has 0 atom stereocenters. The average Bonchev–Trinajstić information content (AvgIpc) is 3.06. The molecule has 2 aromatic heterocycles. The third-order valence-corrected chi connectivity index (χ3v) is 4.04. The van der Waals surface area contributed by atoms with E-state index < -0.39 is 0 Å². The highest BCUT2D eigenvalue weighted by Crippen LogP contribution is 2.13. The molecule has 0 aliphatic rings. The van der Waals surface area contributed by atoms with Gasteiger partial charge in [0.25, 0.3) is 0 Å². The first-order chi connectivity index (χ1) is 12.7. The summed E-state index contributed by atoms with van der Waals surface area (Å²) in [6.45, 7) is 5.19. The van der Waals surface area contributed by atoms with E-state index >= 15 is 0 Å². The smallest absolute Gasteiger partial charge is 0.244 e. The lowest BCUT2D eigenvalue weighted by molar-refractivity contribution is -0.116. The van der Waals surface area contributed by atoms with Gasteiger partial charge in [-0.3, -0.25) is 4.79 Å². The molecule has 3 rings (SSSR count). The van der Waals surface area contributed by atoms with Gasteiger partial charge >= 0.3 is 0 Å². The van der Waals surface area contributed by atoms with Crippen molar-refractivity contribution in [3.63, 3.8) is 0 Å². The van der Waals surface area contributed by atoms with Gasteiger partial charge in [-0.05, 0) is 49.8 Å². The highest BCUT2D eigenvalue weighted by Gasteiger charge is 2.03. The summed E-state index contributed by atoms with van der Waals surface area (Å²) in [4.78, 5) is 16.5. The fraction of sp³-hybridized carbons (Fsp3) is 0.238. The van der Waals surface area contributed by atoms with Gasteiger partial charge in [0, 0.05) is 30.9 Å². The second-order valence-corrected chi connectivity index (χ2v) is 6.00. The van der Waals surface area contributed by atoms with E-state index in [2.05, 4.69) is 14.7 Å². The minimum absolute atomic E-state index is 0.112. The zero-order chi connectivity index (χ0) is 18.4. The minimum atomic E-state index is -0.112. The maximum Gasteiger partial charge on any atom is 0.244 e. The summed E-state index contributed by atoms with van der Waals surface area (Å²) in [6, 6.07) is 13.7. The predicted octanol–water partition coefficient (Wildman–Crippen LogP) is 3.41. The highest BCUT2D eigenvalue weighted by atomic mass is 16.5. The van der Waals surface area contributed by atoms with Crippen LogP contribution in [0.2, 0.25) is 0 Å². The lowest BCUT2D eigenvalue weighted by atomic mass is 10.2. The first kappa shape index (κ1) is 17.7. The average molecular weight is 349 g/mol. The van der Waals surface area contributed by atoms with Crippen LogP contribution in [0.15, 0.2) is 54.7 Å². The van der Waals surface area contributed by atoms with E-state index in [1.807, 2.05) is 62.5 Å². The number of benzene rings is 1. The summed E-state index contributed by atoms with van der Waals surface area (Å²) < 4.78 is 7.46. The Balaban J connectivity index is 1.49. The van der Waals surface area contributed by atoms with Crippen LogP contribution in [0.4, 0.5) is 0 Å². The standard InChI is InChI=1S/C21H23N3O2/c1-3-26-19-10-7-17(8-11-19)9-12-21(25)22-14-13-18-15-24-16(2)5-4-6-20(24)23-18/h4-12,15H,3,13-14H2,1-2H3,(H,22,25)/b12-9+. The van der Waals surface area contributed by atoms with Gasteiger partial charge in [-0.25, -0.2) is 4.98 Å². The summed E-state index contributed by atoms with van der Waals surface area (Å²) >= 11 is 0. The first-order valence-corrected chi connectivity index (χ1v) is 8.78. The van der Waals surface area contributed by atoms with E-state index in [1.165, 1.54) is 0 Å². The summed E-state index contributed by atoms with van der Waals surface area (Å²) in [5, 5.41) is 2.89. The molecule has 2 heterocycles. The number of aromatic nitrogens is 2. The third-order valence-electron chi connectivity index (χ3n) is 4.04. The van der Waals surface area contributed by atoms with Crippen LogP contribution in [0, 0.1) is 6.92 Å². The highest BCUT2D eigenvalue weighted by molar-refractivity contribution is 5.91. The topological polar surface area (TPSA) is 55.6 Å². The first-order valence-electron chi connectivity index (χ1n) is 8.78. The Kier molecular flexibility index (Phi) is 5.69. The number of nitrogens with one attached hydrogen (secondary N) is 1. The Morgan fingerprint density at radius 1 is 1.23 bits per heavy atom. The number of carbonyl (C=O) groups excluding carboxylic acids is 1. The van der Waals surface area contributed by atoms with E-state index in [9.17, 15) is 4.79 Å². The van der Waals surface area contributed by atoms with Crippen molar-refractivity contribution in [3.8, 4) is 5.75 Å². The number of rotatable bonds is 7. The molecular weight excluding hydrogens is 326 g/mol. The number of pyridine rings is 1. The van der Waals surface area contributed by atoms with Crippen LogP contribution >= 0.6 is 0 Å². The van der Waals surface area contributed by atoms with Crippen molar-refractivity contribution in [3.05, 3.63) is 71.7 Å². The van der Waals surface area contributed by atoms with Crippen molar-refractivity contribution in [2.24, 2.45) is 0 Å². The number of nitrogens with zero attached hydrogens (tertiary/aromatic N) is 2. The van der Waals surface area contributed by atoms with Gasteiger partial charge in [0.1, 0.15) is 11.4 Å². The molecule has 0 radical (unpaired) electrons. The normalized spacial score (nSPS) is 11.2. The zero-order valence-corrected chi connectivity index (χ0v) is 15.1. The molecule has 5 heteroatoms. The molecule has 0 fully saturated rings. The third kappa shape index (κ3) is 4.51. The number of hydrogen-bond acceptors (Lipinski definition) is 3. The number of imidazole rings is 1. The predicted molar refractivity (Wildman–Crippen MR) is 103 cm³/mol. The van der Waals surface area contributed by atoms with E-state index in [-0.39, 0.29) is 5.91 Å². The number of ether oxygens (including phenoxy) is 1. The van der Waals surface area contributed by atoms with Crippen molar-refractivity contribution < 1.29 is 9.53 Å². The molecule has 0 bridgehead atoms. The molecule has 0 saturated carbocycles. The summed E-state index contributed by atoms with van der Waals surface area (Å²) in [6.07, 6.45) is 6.05. The second-order valence-electron chi connectivity index (χ2n) is 6.00. The van der Waals surface area contributed by atoms with Gasteiger partial charge in [0.05, 0.1) is 12.3 Å². The van der Waals surface area contributed by atoms with Crippen LogP contribution in [0.5, 0.6) is 5.75 Å². The molecule has 26 heavy (non-hydrogen) atoms. The van der Waals surface area contributed by atoms with Gasteiger partial charge < -0.3 is 14.5 Å². The monoisotopic (exact) mass is 349 g/mol. The maximum atomic E-state index is 12.0. The number of fused-ring (bicyclic) bond motifs is 1. The Morgan fingerprint density at radius 3 is 2.77 bits per heavy atom. The molecule has 1 N–H and O–H groups in total. The molecular formula is C21H23N3O2. The molecule has 0 aliphatic heterocycles. The van der Waals surface area contributed by atoms with Crippen molar-refractivity contribution in [2.45, 2.75) is 20.3 Å². The Morgan fingerprint density at radius 2 is 2.04 bits per heavy atom. The lowest BCUT2D eigenvalue weighted by Gasteiger charge is -2.02. The van der Waals surface area contributed by atoms with Gasteiger partial charge in [0.15, 0.2) is 0 Å². The van der Waals surface area contributed by atoms with Gasteiger partial charge in [0.2, 0.25) is 5.91 Å². The Bertz CT molecular complexity index is 911. The molecule has 0 unspecified atom stereocenters. The zero-order valence-electron chi connectivity index (χ0n) is 15.1. The van der Waals surface area contributed by atoms with Gasteiger partial charge in [-0.15, -0.1) is 0 Å². The lowest BCUT2D eigenvalue weighted by Crippen LogP contribution is -2.23. The maximum absolute atomic E-state index is 12.0. The van der Waals surface area contributed by atoms with Crippen molar-refractivity contribution in [1.29, 1.82) is 0 Å². The minimum Gasteiger partial charge on any atom is -0.494 e. The molecule has 3 aromatic rings. The fourth-order valence-electron chi connectivity index (χ4n) is 2.71. The molecule has 1 amide bonds. The Hall–Kier alpha value is -3.08. The van der Waals surface area contributed by atoms with E-state index in [0.717, 1.165) is 28.3 Å². The van der Waals surface area contributed by atoms with Crippen LogP contribution in [0.3, 0.4) is 0 Å². The molecule has 0 saturated heterocycles. The number of aryl methyl sites for hydroxylation is 1. The number of hydrogen-bond donors (Lipinski definition) is 1. The fourth-order valence-corrected chi connectivity index (χ4v) is 2.71. The van der Waals surface area contributed by atoms with Crippen molar-refractivity contribution in [2.75, 3.05) is 13.2 Å². The number of amides is 1. The molecule has 0 aliphatic carbocycles. The second kappa shape index (κ2) is 8.34. The largest absolute Gasteiger partial charge is 0.494 e. The van der Waals surface area contributed by atoms with E-state index in [4.69, 9.17) is 4.74 Å². The van der Waals surface area contributed by atoms with Gasteiger partial charge in [-0.1, -0.05) is 18.2 Å². The van der Waals surface area contributed by atoms with Gasteiger partial charge in [-0.2, -0.15) is 0 Å². The summed E-state index contributed by atoms with van der Waals surface area (Å²) in [5.74, 6) is 0.718. The van der Waals surface area contributed by atoms with Crippen LogP contribution in [-0.2, 0) is 11.2 Å². The van der Waals surface area contributed by atoms with E-state index in [1.54, 1.807) is 12.2 Å². The summed E-state index contributed by atoms with van der Waals surface area (Å²) in [7, 11) is 0.